The van der Waals surface area contributed by atoms with Gasteiger partial charge in [-0.05, 0) is 36.4 Å². The zero-order valence-corrected chi connectivity index (χ0v) is 10.3. The number of anilines is 2. The third-order valence-corrected chi connectivity index (χ3v) is 2.68. The Morgan fingerprint density at radius 2 is 1.59 bits per heavy atom. The van der Waals surface area contributed by atoms with E-state index in [1.807, 2.05) is 0 Å². The van der Waals surface area contributed by atoms with Gasteiger partial charge in [0, 0.05) is 10.7 Å². The van der Waals surface area contributed by atoms with Crippen molar-refractivity contribution in [1.29, 1.82) is 0 Å². The number of ether oxygens (including phenoxy) is 1. The largest absolute Gasteiger partial charge is 0.454 e. The average Bonchev–Trinajstić information content (AvgIpc) is 2.25. The van der Waals surface area contributed by atoms with Gasteiger partial charge in [0.05, 0.1) is 10.7 Å². The van der Waals surface area contributed by atoms with Crippen LogP contribution >= 0.6 is 23.2 Å². The maximum absolute atomic E-state index is 5.99. The number of halogens is 2. The lowest BCUT2D eigenvalue weighted by molar-refractivity contribution is 0.485. The molecule has 0 saturated carbocycles. The average molecular weight is 269 g/mol. The zero-order valence-electron chi connectivity index (χ0n) is 8.78. The molecule has 0 aliphatic carbocycles. The van der Waals surface area contributed by atoms with E-state index in [0.717, 1.165) is 0 Å². The minimum absolute atomic E-state index is 0.425. The molecule has 0 aromatic heterocycles. The maximum Gasteiger partial charge on any atom is 0.150 e. The van der Waals surface area contributed by atoms with Gasteiger partial charge in [-0.2, -0.15) is 0 Å². The van der Waals surface area contributed by atoms with E-state index in [9.17, 15) is 0 Å². The summed E-state index contributed by atoms with van der Waals surface area (Å²) in [6.45, 7) is 0. The van der Waals surface area contributed by atoms with Crippen molar-refractivity contribution < 1.29 is 4.74 Å². The third kappa shape index (κ3) is 2.75. The second-order valence-corrected chi connectivity index (χ2v) is 4.32. The number of hydrogen-bond acceptors (Lipinski definition) is 3. The van der Waals surface area contributed by atoms with Gasteiger partial charge in [-0.1, -0.05) is 23.2 Å². The van der Waals surface area contributed by atoms with Crippen LogP contribution in [0, 0.1) is 0 Å². The van der Waals surface area contributed by atoms with Crippen LogP contribution in [0.15, 0.2) is 36.4 Å². The fourth-order valence-electron chi connectivity index (χ4n) is 1.34. The van der Waals surface area contributed by atoms with Gasteiger partial charge in [0.15, 0.2) is 5.75 Å². The Morgan fingerprint density at radius 1 is 0.882 bits per heavy atom. The molecule has 17 heavy (non-hydrogen) atoms. The summed E-state index contributed by atoms with van der Waals surface area (Å²) in [5.74, 6) is 0.996. The van der Waals surface area contributed by atoms with Gasteiger partial charge in [-0.15, -0.1) is 0 Å². The van der Waals surface area contributed by atoms with Gasteiger partial charge in [0.2, 0.25) is 0 Å². The molecule has 0 bridgehead atoms. The Kier molecular flexibility index (Phi) is 3.31. The van der Waals surface area contributed by atoms with Crippen molar-refractivity contribution in [2.45, 2.75) is 0 Å². The van der Waals surface area contributed by atoms with Crippen molar-refractivity contribution in [2.75, 3.05) is 11.5 Å². The Bertz CT molecular complexity index is 509. The van der Waals surface area contributed by atoms with Crippen LogP contribution in [0.2, 0.25) is 10.0 Å². The monoisotopic (exact) mass is 268 g/mol. The first-order valence-electron chi connectivity index (χ1n) is 4.84. The van der Waals surface area contributed by atoms with Crippen LogP contribution in [0.4, 0.5) is 11.4 Å². The smallest absolute Gasteiger partial charge is 0.150 e. The summed E-state index contributed by atoms with van der Waals surface area (Å²) in [7, 11) is 0. The fourth-order valence-corrected chi connectivity index (χ4v) is 1.78. The van der Waals surface area contributed by atoms with E-state index < -0.39 is 0 Å². The third-order valence-electron chi connectivity index (χ3n) is 2.15. The molecule has 4 N–H and O–H groups in total. The summed E-state index contributed by atoms with van der Waals surface area (Å²) in [5.41, 5.74) is 12.4. The second kappa shape index (κ2) is 4.73. The fraction of sp³-hybridized carbons (Fsp3) is 0. The maximum atomic E-state index is 5.99. The van der Waals surface area contributed by atoms with Crippen LogP contribution in [0.3, 0.4) is 0 Å². The Labute approximate surface area is 109 Å². The summed E-state index contributed by atoms with van der Waals surface area (Å²) < 4.78 is 5.58. The van der Waals surface area contributed by atoms with Crippen molar-refractivity contribution in [1.82, 2.24) is 0 Å². The molecule has 0 aliphatic heterocycles. The minimum atomic E-state index is 0.425. The van der Waals surface area contributed by atoms with Crippen molar-refractivity contribution in [2.24, 2.45) is 0 Å². The predicted octanol–water partition coefficient (Wildman–Crippen LogP) is 3.95. The molecule has 0 unspecified atom stereocenters. The van der Waals surface area contributed by atoms with Crippen LogP contribution in [0.25, 0.3) is 0 Å². The van der Waals surface area contributed by atoms with Gasteiger partial charge in [-0.25, -0.2) is 0 Å². The molecule has 2 rings (SSSR count). The number of nitrogen functional groups attached to an aromatic ring is 2. The Balaban J connectivity index is 2.31. The van der Waals surface area contributed by atoms with Gasteiger partial charge >= 0.3 is 0 Å². The molecule has 2 aromatic rings. The van der Waals surface area contributed by atoms with Crippen LogP contribution < -0.4 is 16.2 Å². The highest BCUT2D eigenvalue weighted by atomic mass is 35.5. The highest BCUT2D eigenvalue weighted by Crippen LogP contribution is 2.34. The van der Waals surface area contributed by atoms with Gasteiger partial charge < -0.3 is 16.2 Å². The summed E-state index contributed by atoms with van der Waals surface area (Å²) in [6.07, 6.45) is 0. The molecule has 0 spiro atoms. The van der Waals surface area contributed by atoms with Crippen LogP contribution in [0.5, 0.6) is 11.5 Å². The lowest BCUT2D eigenvalue weighted by Crippen LogP contribution is -1.94. The highest BCUT2D eigenvalue weighted by molar-refractivity contribution is 6.35. The number of benzene rings is 2. The molecular weight excluding hydrogens is 259 g/mol. The molecule has 0 fully saturated rings. The van der Waals surface area contributed by atoms with Gasteiger partial charge in [-0.3, -0.25) is 0 Å². The van der Waals surface area contributed by atoms with E-state index in [4.69, 9.17) is 39.4 Å². The lowest BCUT2D eigenvalue weighted by Gasteiger charge is -2.10. The van der Waals surface area contributed by atoms with E-state index in [0.29, 0.717) is 32.9 Å². The molecule has 0 amide bonds. The Hall–Kier alpha value is -1.58. The zero-order chi connectivity index (χ0) is 12.4. The molecule has 2 aromatic carbocycles. The second-order valence-electron chi connectivity index (χ2n) is 3.47. The topological polar surface area (TPSA) is 61.3 Å². The lowest BCUT2D eigenvalue weighted by atomic mass is 10.2. The van der Waals surface area contributed by atoms with Crippen molar-refractivity contribution in [3.63, 3.8) is 0 Å². The standard InChI is InChI=1S/C12H10Cl2N2O/c13-7-1-3-11(9(14)5-7)17-12-4-2-8(15)6-10(12)16/h1-6H,15-16H2. The summed E-state index contributed by atoms with van der Waals surface area (Å²) in [5, 5.41) is 0.973. The number of nitrogens with two attached hydrogens (primary N) is 2. The number of rotatable bonds is 2. The summed E-state index contributed by atoms with van der Waals surface area (Å²) in [6, 6.07) is 9.99. The molecule has 0 aliphatic rings. The van der Waals surface area contributed by atoms with E-state index in [1.165, 1.54) is 0 Å². The molecule has 88 valence electrons. The molecule has 3 nitrogen and oxygen atoms in total. The van der Waals surface area contributed by atoms with Crippen LogP contribution in [-0.2, 0) is 0 Å². The molecule has 0 saturated heterocycles. The molecule has 5 heteroatoms. The molecule has 0 heterocycles. The number of hydrogen-bond donors (Lipinski definition) is 2. The van der Waals surface area contributed by atoms with Gasteiger partial charge in [0.1, 0.15) is 5.75 Å². The van der Waals surface area contributed by atoms with Crippen molar-refractivity contribution in [3.8, 4) is 11.5 Å². The van der Waals surface area contributed by atoms with Crippen molar-refractivity contribution >= 4 is 34.6 Å². The van der Waals surface area contributed by atoms with E-state index >= 15 is 0 Å². The highest BCUT2D eigenvalue weighted by Gasteiger charge is 2.06. The van der Waals surface area contributed by atoms with E-state index in [2.05, 4.69) is 0 Å². The molecule has 0 atom stereocenters. The normalized spacial score (nSPS) is 10.2. The first kappa shape index (κ1) is 11.9. The summed E-state index contributed by atoms with van der Waals surface area (Å²) in [4.78, 5) is 0. The first-order chi connectivity index (χ1) is 8.06. The van der Waals surface area contributed by atoms with E-state index in [-0.39, 0.29) is 0 Å². The summed E-state index contributed by atoms with van der Waals surface area (Å²) >= 11 is 11.8. The molecule has 0 radical (unpaired) electrons. The van der Waals surface area contributed by atoms with Gasteiger partial charge in [0.25, 0.3) is 0 Å². The first-order valence-corrected chi connectivity index (χ1v) is 5.60. The quantitative estimate of drug-likeness (QED) is 0.811. The molecular formula is C12H10Cl2N2O. The van der Waals surface area contributed by atoms with Crippen molar-refractivity contribution in [3.05, 3.63) is 46.4 Å². The predicted molar refractivity (Wildman–Crippen MR) is 71.8 cm³/mol. The van der Waals surface area contributed by atoms with E-state index in [1.54, 1.807) is 36.4 Å². The van der Waals surface area contributed by atoms with Crippen LogP contribution in [-0.4, -0.2) is 0 Å². The Morgan fingerprint density at radius 3 is 2.24 bits per heavy atom. The van der Waals surface area contributed by atoms with Crippen LogP contribution in [0.1, 0.15) is 0 Å². The minimum Gasteiger partial charge on any atom is -0.454 e. The SMILES string of the molecule is Nc1ccc(Oc2ccc(Cl)cc2Cl)c(N)c1.